The summed E-state index contributed by atoms with van der Waals surface area (Å²) in [7, 11) is 0. The zero-order chi connectivity index (χ0) is 14.6. The van der Waals surface area contributed by atoms with E-state index in [9.17, 15) is 10.2 Å². The fraction of sp³-hybridized carbons (Fsp3) is 0.600. The Balaban J connectivity index is 2.03. The first-order valence-electron chi connectivity index (χ1n) is 7.06. The van der Waals surface area contributed by atoms with Crippen molar-refractivity contribution in [1.29, 1.82) is 0 Å². The Morgan fingerprint density at radius 1 is 1.40 bits per heavy atom. The molecule has 1 aliphatic heterocycles. The van der Waals surface area contributed by atoms with Crippen molar-refractivity contribution in [2.24, 2.45) is 0 Å². The SMILES string of the molecule is CCC(NCC1(O)CCOCC1)c1cc(Br)ccc1O. The van der Waals surface area contributed by atoms with Gasteiger partial charge in [0.15, 0.2) is 0 Å². The van der Waals surface area contributed by atoms with Gasteiger partial charge < -0.3 is 20.3 Å². The molecule has 1 heterocycles. The molecule has 1 unspecified atom stereocenters. The van der Waals surface area contributed by atoms with Gasteiger partial charge in [-0.05, 0) is 24.6 Å². The lowest BCUT2D eigenvalue weighted by molar-refractivity contribution is -0.0629. The summed E-state index contributed by atoms with van der Waals surface area (Å²) in [5, 5.41) is 23.8. The van der Waals surface area contributed by atoms with Crippen molar-refractivity contribution >= 4 is 15.9 Å². The Hall–Kier alpha value is -0.620. The van der Waals surface area contributed by atoms with Crippen molar-refractivity contribution in [1.82, 2.24) is 5.32 Å². The number of phenolic OH excluding ortho intramolecular Hbond substituents is 1. The molecular formula is C15H22BrNO3. The molecule has 3 N–H and O–H groups in total. The third-order valence-corrected chi connectivity index (χ3v) is 4.37. The highest BCUT2D eigenvalue weighted by atomic mass is 79.9. The minimum Gasteiger partial charge on any atom is -0.508 e. The van der Waals surface area contributed by atoms with Gasteiger partial charge in [-0.25, -0.2) is 0 Å². The molecule has 0 saturated carbocycles. The number of ether oxygens (including phenoxy) is 1. The molecule has 0 bridgehead atoms. The average Bonchev–Trinajstić information content (AvgIpc) is 2.44. The van der Waals surface area contributed by atoms with Crippen molar-refractivity contribution < 1.29 is 14.9 Å². The predicted octanol–water partition coefficient (Wildman–Crippen LogP) is 2.74. The molecule has 1 atom stereocenters. The Kier molecular flexibility index (Phi) is 5.43. The molecule has 1 fully saturated rings. The third-order valence-electron chi connectivity index (χ3n) is 3.87. The number of hydrogen-bond acceptors (Lipinski definition) is 4. The average molecular weight is 344 g/mol. The summed E-state index contributed by atoms with van der Waals surface area (Å²) in [6, 6.07) is 5.45. The Labute approximate surface area is 128 Å². The summed E-state index contributed by atoms with van der Waals surface area (Å²) in [5.41, 5.74) is 0.158. The van der Waals surface area contributed by atoms with E-state index in [1.165, 1.54) is 0 Å². The van der Waals surface area contributed by atoms with E-state index < -0.39 is 5.60 Å². The molecule has 4 nitrogen and oxygen atoms in total. The largest absolute Gasteiger partial charge is 0.508 e. The minimum absolute atomic E-state index is 0.0272. The third kappa shape index (κ3) is 3.95. The molecule has 1 aromatic carbocycles. The summed E-state index contributed by atoms with van der Waals surface area (Å²) in [5.74, 6) is 0.284. The monoisotopic (exact) mass is 343 g/mol. The van der Waals surface area contributed by atoms with E-state index in [0.717, 1.165) is 16.5 Å². The summed E-state index contributed by atoms with van der Waals surface area (Å²) >= 11 is 3.43. The van der Waals surface area contributed by atoms with Crippen LogP contribution in [0.1, 0.15) is 37.8 Å². The van der Waals surface area contributed by atoms with Crippen LogP contribution in [0.15, 0.2) is 22.7 Å². The molecule has 1 aliphatic rings. The highest BCUT2D eigenvalue weighted by molar-refractivity contribution is 9.10. The number of phenols is 1. The van der Waals surface area contributed by atoms with E-state index in [2.05, 4.69) is 28.2 Å². The lowest BCUT2D eigenvalue weighted by Gasteiger charge is -2.34. The summed E-state index contributed by atoms with van der Waals surface area (Å²) in [6.45, 7) is 3.79. The fourth-order valence-electron chi connectivity index (χ4n) is 2.52. The van der Waals surface area contributed by atoms with Crippen LogP contribution in [0.4, 0.5) is 0 Å². The molecule has 0 radical (unpaired) electrons. The van der Waals surface area contributed by atoms with Gasteiger partial charge >= 0.3 is 0 Å². The first-order chi connectivity index (χ1) is 9.54. The van der Waals surface area contributed by atoms with E-state index in [1.54, 1.807) is 6.07 Å². The van der Waals surface area contributed by atoms with Gasteiger partial charge in [-0.2, -0.15) is 0 Å². The molecule has 0 aromatic heterocycles. The maximum Gasteiger partial charge on any atom is 0.120 e. The lowest BCUT2D eigenvalue weighted by Crippen LogP contribution is -2.45. The van der Waals surface area contributed by atoms with Gasteiger partial charge in [0.05, 0.1) is 5.60 Å². The Morgan fingerprint density at radius 2 is 2.10 bits per heavy atom. The van der Waals surface area contributed by atoms with E-state index >= 15 is 0 Å². The number of rotatable bonds is 5. The van der Waals surface area contributed by atoms with Gasteiger partial charge in [-0.1, -0.05) is 22.9 Å². The summed E-state index contributed by atoms with van der Waals surface area (Å²) in [6.07, 6.45) is 2.15. The number of nitrogens with one attached hydrogen (secondary N) is 1. The van der Waals surface area contributed by atoms with Gasteiger partial charge in [0.25, 0.3) is 0 Å². The second-order valence-corrected chi connectivity index (χ2v) is 6.30. The number of hydrogen-bond donors (Lipinski definition) is 3. The summed E-state index contributed by atoms with van der Waals surface area (Å²) < 4.78 is 6.22. The van der Waals surface area contributed by atoms with Crippen LogP contribution in [0.3, 0.4) is 0 Å². The molecule has 5 heteroatoms. The zero-order valence-electron chi connectivity index (χ0n) is 11.7. The van der Waals surface area contributed by atoms with Crippen LogP contribution < -0.4 is 5.32 Å². The number of benzene rings is 1. The molecule has 20 heavy (non-hydrogen) atoms. The highest BCUT2D eigenvalue weighted by Gasteiger charge is 2.30. The van der Waals surface area contributed by atoms with Gasteiger partial charge in [-0.15, -0.1) is 0 Å². The van der Waals surface area contributed by atoms with Crippen LogP contribution in [-0.2, 0) is 4.74 Å². The highest BCUT2D eigenvalue weighted by Crippen LogP contribution is 2.30. The number of aliphatic hydroxyl groups is 1. The van der Waals surface area contributed by atoms with Gasteiger partial charge in [0.1, 0.15) is 5.75 Å². The van der Waals surface area contributed by atoms with E-state index in [0.29, 0.717) is 32.6 Å². The Morgan fingerprint density at radius 3 is 2.75 bits per heavy atom. The van der Waals surface area contributed by atoms with E-state index in [4.69, 9.17) is 4.74 Å². The number of halogens is 1. The Bertz CT molecular complexity index is 447. The molecule has 0 aliphatic carbocycles. The van der Waals surface area contributed by atoms with Crippen LogP contribution in [0, 0.1) is 0 Å². The molecule has 1 saturated heterocycles. The topological polar surface area (TPSA) is 61.7 Å². The molecular weight excluding hydrogens is 322 g/mol. The van der Waals surface area contributed by atoms with Crippen molar-refractivity contribution in [2.45, 2.75) is 37.8 Å². The lowest BCUT2D eigenvalue weighted by atomic mass is 9.93. The predicted molar refractivity (Wildman–Crippen MR) is 81.8 cm³/mol. The van der Waals surface area contributed by atoms with Crippen molar-refractivity contribution in [3.8, 4) is 5.75 Å². The normalized spacial score (nSPS) is 19.8. The minimum atomic E-state index is -0.701. The fourth-order valence-corrected chi connectivity index (χ4v) is 2.90. The number of aromatic hydroxyl groups is 1. The van der Waals surface area contributed by atoms with Gasteiger partial charge in [0, 0.05) is 48.7 Å². The van der Waals surface area contributed by atoms with Crippen LogP contribution in [0.5, 0.6) is 5.75 Å². The first-order valence-corrected chi connectivity index (χ1v) is 7.85. The molecule has 112 valence electrons. The first kappa shape index (κ1) is 15.8. The van der Waals surface area contributed by atoms with Crippen LogP contribution in [0.2, 0.25) is 0 Å². The van der Waals surface area contributed by atoms with Crippen LogP contribution in [0.25, 0.3) is 0 Å². The smallest absolute Gasteiger partial charge is 0.120 e. The van der Waals surface area contributed by atoms with Crippen LogP contribution in [-0.4, -0.2) is 35.6 Å². The van der Waals surface area contributed by atoms with Crippen molar-refractivity contribution in [3.63, 3.8) is 0 Å². The second kappa shape index (κ2) is 6.89. The maximum absolute atomic E-state index is 10.5. The molecule has 1 aromatic rings. The zero-order valence-corrected chi connectivity index (χ0v) is 13.3. The quantitative estimate of drug-likeness (QED) is 0.769. The molecule has 0 spiro atoms. The summed E-state index contributed by atoms with van der Waals surface area (Å²) in [4.78, 5) is 0. The maximum atomic E-state index is 10.5. The van der Waals surface area contributed by atoms with Gasteiger partial charge in [0.2, 0.25) is 0 Å². The van der Waals surface area contributed by atoms with Crippen molar-refractivity contribution in [2.75, 3.05) is 19.8 Å². The van der Waals surface area contributed by atoms with Gasteiger partial charge in [-0.3, -0.25) is 0 Å². The van der Waals surface area contributed by atoms with Crippen LogP contribution >= 0.6 is 15.9 Å². The molecule has 0 amide bonds. The van der Waals surface area contributed by atoms with E-state index in [1.807, 2.05) is 12.1 Å². The van der Waals surface area contributed by atoms with Crippen molar-refractivity contribution in [3.05, 3.63) is 28.2 Å². The second-order valence-electron chi connectivity index (χ2n) is 5.38. The standard InChI is InChI=1S/C15H22BrNO3/c1-2-13(12-9-11(16)3-4-14(12)18)17-10-15(19)5-7-20-8-6-15/h3-4,9,13,17-19H,2,5-8,10H2,1H3. The van der Waals surface area contributed by atoms with E-state index in [-0.39, 0.29) is 11.8 Å². The molecule has 2 rings (SSSR count).